The average molecular weight is 185 g/mol. The number of nitrogens with zero attached hydrogens (tertiary/aromatic N) is 2. The molecule has 1 aliphatic heterocycles. The van der Waals surface area contributed by atoms with Crippen molar-refractivity contribution in [1.29, 1.82) is 0 Å². The molecule has 0 aromatic rings. The third-order valence-corrected chi connectivity index (χ3v) is 2.85. The van der Waals surface area contributed by atoms with Gasteiger partial charge >= 0.3 is 0 Å². The Morgan fingerprint density at radius 2 is 2.23 bits per heavy atom. The Balaban J connectivity index is 2.27. The standard InChI is InChI=1S/C10H23N3/c1-9(2)13(4)8-10-7-12(3)6-5-11-10/h9-11H,5-8H2,1-4H3. The monoisotopic (exact) mass is 185 g/mol. The van der Waals surface area contributed by atoms with Crippen LogP contribution in [-0.2, 0) is 0 Å². The van der Waals surface area contributed by atoms with Crippen molar-refractivity contribution in [3.8, 4) is 0 Å². The van der Waals surface area contributed by atoms with E-state index in [0.717, 1.165) is 13.1 Å². The molecule has 0 spiro atoms. The fourth-order valence-corrected chi connectivity index (χ4v) is 1.67. The van der Waals surface area contributed by atoms with Crippen molar-refractivity contribution >= 4 is 0 Å². The predicted octanol–water partition coefficient (Wildman–Crippen LogP) is 0.230. The molecule has 1 unspecified atom stereocenters. The van der Waals surface area contributed by atoms with Gasteiger partial charge in [0.2, 0.25) is 0 Å². The Morgan fingerprint density at radius 1 is 1.54 bits per heavy atom. The van der Waals surface area contributed by atoms with E-state index in [0.29, 0.717) is 12.1 Å². The van der Waals surface area contributed by atoms with Crippen molar-refractivity contribution in [2.45, 2.75) is 25.9 Å². The van der Waals surface area contributed by atoms with Crippen LogP contribution in [0.2, 0.25) is 0 Å². The smallest absolute Gasteiger partial charge is 0.0323 e. The Morgan fingerprint density at radius 3 is 2.77 bits per heavy atom. The second-order valence-electron chi connectivity index (χ2n) is 4.45. The zero-order valence-electron chi connectivity index (χ0n) is 9.38. The van der Waals surface area contributed by atoms with Crippen LogP contribution >= 0.6 is 0 Å². The Kier molecular flexibility index (Phi) is 4.16. The number of rotatable bonds is 3. The summed E-state index contributed by atoms with van der Waals surface area (Å²) in [6, 6.07) is 1.29. The van der Waals surface area contributed by atoms with E-state index < -0.39 is 0 Å². The van der Waals surface area contributed by atoms with Crippen LogP contribution < -0.4 is 5.32 Å². The zero-order valence-corrected chi connectivity index (χ0v) is 9.38. The van der Waals surface area contributed by atoms with Crippen LogP contribution in [0.4, 0.5) is 0 Å². The Labute approximate surface area is 82.1 Å². The van der Waals surface area contributed by atoms with Crippen LogP contribution in [0.1, 0.15) is 13.8 Å². The van der Waals surface area contributed by atoms with Gasteiger partial charge in [0.15, 0.2) is 0 Å². The largest absolute Gasteiger partial charge is 0.310 e. The molecule has 0 amide bonds. The second kappa shape index (κ2) is 4.94. The van der Waals surface area contributed by atoms with Gasteiger partial charge in [-0.2, -0.15) is 0 Å². The van der Waals surface area contributed by atoms with Crippen LogP contribution in [0, 0.1) is 0 Å². The van der Waals surface area contributed by atoms with Gasteiger partial charge in [-0.3, -0.25) is 0 Å². The molecule has 1 saturated heterocycles. The molecule has 0 aliphatic carbocycles. The van der Waals surface area contributed by atoms with E-state index >= 15 is 0 Å². The number of nitrogens with one attached hydrogen (secondary N) is 1. The fourth-order valence-electron chi connectivity index (χ4n) is 1.67. The first kappa shape index (κ1) is 11.0. The Hall–Kier alpha value is -0.120. The van der Waals surface area contributed by atoms with Gasteiger partial charge in [0.05, 0.1) is 0 Å². The first-order valence-electron chi connectivity index (χ1n) is 5.21. The van der Waals surface area contributed by atoms with E-state index in [1.165, 1.54) is 13.1 Å². The normalized spacial score (nSPS) is 25.8. The van der Waals surface area contributed by atoms with Gasteiger partial charge in [0.25, 0.3) is 0 Å². The van der Waals surface area contributed by atoms with Gasteiger partial charge < -0.3 is 15.1 Å². The molecule has 1 fully saturated rings. The van der Waals surface area contributed by atoms with E-state index in [9.17, 15) is 0 Å². The lowest BCUT2D eigenvalue weighted by Crippen LogP contribution is -2.54. The maximum absolute atomic E-state index is 3.55. The minimum Gasteiger partial charge on any atom is -0.310 e. The van der Waals surface area contributed by atoms with E-state index in [-0.39, 0.29) is 0 Å². The molecule has 0 aromatic heterocycles. The third kappa shape index (κ3) is 3.63. The average Bonchev–Trinajstić information content (AvgIpc) is 2.04. The minimum atomic E-state index is 0.645. The number of piperazine rings is 1. The van der Waals surface area contributed by atoms with Crippen molar-refractivity contribution in [2.24, 2.45) is 0 Å². The van der Waals surface area contributed by atoms with Gasteiger partial charge in [0, 0.05) is 38.3 Å². The minimum absolute atomic E-state index is 0.645. The molecule has 0 radical (unpaired) electrons. The fraction of sp³-hybridized carbons (Fsp3) is 1.00. The van der Waals surface area contributed by atoms with Crippen molar-refractivity contribution in [3.05, 3.63) is 0 Å². The van der Waals surface area contributed by atoms with Gasteiger partial charge in [-0.25, -0.2) is 0 Å². The highest BCUT2D eigenvalue weighted by molar-refractivity contribution is 4.79. The number of likely N-dealkylation sites (N-methyl/N-ethyl adjacent to an activating group) is 2. The summed E-state index contributed by atoms with van der Waals surface area (Å²) < 4.78 is 0. The van der Waals surface area contributed by atoms with Crippen molar-refractivity contribution < 1.29 is 0 Å². The lowest BCUT2D eigenvalue weighted by atomic mass is 10.2. The topological polar surface area (TPSA) is 18.5 Å². The predicted molar refractivity (Wildman–Crippen MR) is 57.1 cm³/mol. The van der Waals surface area contributed by atoms with E-state index in [1.807, 2.05) is 0 Å². The molecule has 3 nitrogen and oxygen atoms in total. The van der Waals surface area contributed by atoms with Crippen LogP contribution in [-0.4, -0.2) is 62.2 Å². The van der Waals surface area contributed by atoms with Gasteiger partial charge in [-0.1, -0.05) is 0 Å². The zero-order chi connectivity index (χ0) is 9.84. The molecule has 1 N–H and O–H groups in total. The highest BCUT2D eigenvalue weighted by atomic mass is 15.2. The maximum Gasteiger partial charge on any atom is 0.0323 e. The molecule has 1 heterocycles. The van der Waals surface area contributed by atoms with Crippen LogP contribution in [0.3, 0.4) is 0 Å². The van der Waals surface area contributed by atoms with E-state index in [1.54, 1.807) is 0 Å². The third-order valence-electron chi connectivity index (χ3n) is 2.85. The summed E-state index contributed by atoms with van der Waals surface area (Å²) in [6.45, 7) is 9.13. The molecule has 13 heavy (non-hydrogen) atoms. The molecule has 1 rings (SSSR count). The van der Waals surface area contributed by atoms with Gasteiger partial charge in [-0.05, 0) is 27.9 Å². The summed E-state index contributed by atoms with van der Waals surface area (Å²) in [5.41, 5.74) is 0. The highest BCUT2D eigenvalue weighted by Crippen LogP contribution is 2.00. The Bertz CT molecular complexity index is 147. The first-order chi connectivity index (χ1) is 6.09. The SMILES string of the molecule is CC(C)N(C)CC1CN(C)CCN1. The first-order valence-corrected chi connectivity index (χ1v) is 5.21. The molecule has 0 bridgehead atoms. The molecule has 3 heteroatoms. The number of hydrogen-bond donors (Lipinski definition) is 1. The molecular weight excluding hydrogens is 162 g/mol. The second-order valence-corrected chi connectivity index (χ2v) is 4.45. The van der Waals surface area contributed by atoms with E-state index in [4.69, 9.17) is 0 Å². The number of hydrogen-bond acceptors (Lipinski definition) is 3. The van der Waals surface area contributed by atoms with Gasteiger partial charge in [-0.15, -0.1) is 0 Å². The molecule has 78 valence electrons. The highest BCUT2D eigenvalue weighted by Gasteiger charge is 2.18. The molecule has 1 atom stereocenters. The lowest BCUT2D eigenvalue weighted by molar-refractivity contribution is 0.178. The van der Waals surface area contributed by atoms with Crippen LogP contribution in [0.15, 0.2) is 0 Å². The molecule has 0 saturated carbocycles. The molecular formula is C10H23N3. The van der Waals surface area contributed by atoms with Crippen molar-refractivity contribution in [3.63, 3.8) is 0 Å². The summed E-state index contributed by atoms with van der Waals surface area (Å²) >= 11 is 0. The summed E-state index contributed by atoms with van der Waals surface area (Å²) in [5.74, 6) is 0. The summed E-state index contributed by atoms with van der Waals surface area (Å²) in [6.07, 6.45) is 0. The van der Waals surface area contributed by atoms with Crippen molar-refractivity contribution in [2.75, 3.05) is 40.3 Å². The summed E-state index contributed by atoms with van der Waals surface area (Å²) in [4.78, 5) is 4.80. The maximum atomic E-state index is 3.55. The van der Waals surface area contributed by atoms with E-state index in [2.05, 4.69) is 43.1 Å². The van der Waals surface area contributed by atoms with Crippen LogP contribution in [0.25, 0.3) is 0 Å². The lowest BCUT2D eigenvalue weighted by Gasteiger charge is -2.34. The van der Waals surface area contributed by atoms with Crippen molar-refractivity contribution in [1.82, 2.24) is 15.1 Å². The summed E-state index contributed by atoms with van der Waals surface area (Å²) in [7, 11) is 4.39. The molecule has 0 aromatic carbocycles. The quantitative estimate of drug-likeness (QED) is 0.679. The summed E-state index contributed by atoms with van der Waals surface area (Å²) in [5, 5.41) is 3.55. The van der Waals surface area contributed by atoms with Gasteiger partial charge in [0.1, 0.15) is 0 Å². The van der Waals surface area contributed by atoms with Crippen LogP contribution in [0.5, 0.6) is 0 Å². The molecule has 1 aliphatic rings.